The van der Waals surface area contributed by atoms with Gasteiger partial charge in [-0.15, -0.1) is 0 Å². The molecule has 2 heterocycles. The number of hydrogen-bond donors (Lipinski definition) is 1. The van der Waals surface area contributed by atoms with Crippen molar-refractivity contribution < 1.29 is 23.5 Å². The molecular formula is C22H26N2O5. The van der Waals surface area contributed by atoms with Crippen LogP contribution in [0.2, 0.25) is 0 Å². The molecule has 0 aliphatic carbocycles. The van der Waals surface area contributed by atoms with E-state index in [4.69, 9.17) is 9.15 Å². The third kappa shape index (κ3) is 5.94. The molecule has 154 valence electrons. The number of likely N-dealkylation sites (tertiary alicyclic amines) is 1. The van der Waals surface area contributed by atoms with Gasteiger partial charge in [0.25, 0.3) is 11.8 Å². The molecule has 0 radical (unpaired) electrons. The van der Waals surface area contributed by atoms with Crippen molar-refractivity contribution >= 4 is 17.8 Å². The third-order valence-electron chi connectivity index (χ3n) is 5.12. The van der Waals surface area contributed by atoms with E-state index in [1.54, 1.807) is 11.0 Å². The van der Waals surface area contributed by atoms with E-state index >= 15 is 0 Å². The van der Waals surface area contributed by atoms with Gasteiger partial charge in [-0.2, -0.15) is 0 Å². The monoisotopic (exact) mass is 398 g/mol. The van der Waals surface area contributed by atoms with Gasteiger partial charge in [-0.3, -0.25) is 9.59 Å². The molecule has 3 rings (SSSR count). The molecule has 1 saturated heterocycles. The summed E-state index contributed by atoms with van der Waals surface area (Å²) < 4.78 is 10.1. The Morgan fingerprint density at radius 1 is 1.14 bits per heavy atom. The molecule has 1 atom stereocenters. The molecule has 7 nitrogen and oxygen atoms in total. The fourth-order valence-electron chi connectivity index (χ4n) is 3.42. The van der Waals surface area contributed by atoms with Gasteiger partial charge in [0.2, 0.25) is 0 Å². The standard InChI is InChI=1S/C22H26N2O5/c1-16(23-21(26)19-8-5-13-28-19)22(27)29-15-20(25)24-11-9-18(10-12-24)14-17-6-3-2-4-7-17/h2-8,13,16,18H,9-12,14-15H2,1H3,(H,23,26)/t16-/m0/s1. The van der Waals surface area contributed by atoms with Crippen LogP contribution >= 0.6 is 0 Å². The summed E-state index contributed by atoms with van der Waals surface area (Å²) in [4.78, 5) is 38.0. The van der Waals surface area contributed by atoms with Crippen LogP contribution in [0.1, 0.15) is 35.9 Å². The number of piperidine rings is 1. The van der Waals surface area contributed by atoms with E-state index in [0.717, 1.165) is 19.3 Å². The number of furan rings is 1. The molecule has 1 fully saturated rings. The number of rotatable bonds is 7. The van der Waals surface area contributed by atoms with Crippen LogP contribution in [0.15, 0.2) is 53.1 Å². The van der Waals surface area contributed by atoms with Crippen molar-refractivity contribution in [3.05, 3.63) is 60.1 Å². The zero-order valence-corrected chi connectivity index (χ0v) is 16.5. The Bertz CT molecular complexity index is 811. The minimum Gasteiger partial charge on any atom is -0.459 e. The van der Waals surface area contributed by atoms with Crippen LogP contribution < -0.4 is 5.32 Å². The largest absolute Gasteiger partial charge is 0.459 e. The summed E-state index contributed by atoms with van der Waals surface area (Å²) in [5.41, 5.74) is 1.32. The van der Waals surface area contributed by atoms with Crippen LogP contribution in [0.4, 0.5) is 0 Å². The number of carbonyl (C=O) groups excluding carboxylic acids is 3. The average Bonchev–Trinajstić information content (AvgIpc) is 3.28. The summed E-state index contributed by atoms with van der Waals surface area (Å²) in [6, 6.07) is 12.6. The molecule has 0 unspecified atom stereocenters. The highest BCUT2D eigenvalue weighted by molar-refractivity contribution is 5.94. The predicted octanol–water partition coefficient (Wildman–Crippen LogP) is 2.42. The Kier molecular flexibility index (Phi) is 7.05. The van der Waals surface area contributed by atoms with Gasteiger partial charge in [0.05, 0.1) is 6.26 Å². The first kappa shape index (κ1) is 20.6. The molecule has 29 heavy (non-hydrogen) atoms. The molecule has 1 aromatic heterocycles. The fraction of sp³-hybridized carbons (Fsp3) is 0.409. The highest BCUT2D eigenvalue weighted by atomic mass is 16.5. The fourth-order valence-corrected chi connectivity index (χ4v) is 3.42. The number of benzene rings is 1. The van der Waals surface area contributed by atoms with Crippen molar-refractivity contribution in [2.75, 3.05) is 19.7 Å². The second kappa shape index (κ2) is 9.91. The van der Waals surface area contributed by atoms with Crippen molar-refractivity contribution in [2.24, 2.45) is 5.92 Å². The zero-order chi connectivity index (χ0) is 20.6. The number of nitrogens with one attached hydrogen (secondary N) is 1. The summed E-state index contributed by atoms with van der Waals surface area (Å²) in [6.07, 6.45) is 4.26. The number of nitrogens with zero attached hydrogens (tertiary/aromatic N) is 1. The molecule has 1 aromatic carbocycles. The van der Waals surface area contributed by atoms with Crippen molar-refractivity contribution in [3.8, 4) is 0 Å². The van der Waals surface area contributed by atoms with Crippen LogP contribution in [0.5, 0.6) is 0 Å². The first-order valence-corrected chi connectivity index (χ1v) is 9.85. The van der Waals surface area contributed by atoms with Crippen molar-refractivity contribution in [3.63, 3.8) is 0 Å². The number of esters is 1. The average molecular weight is 398 g/mol. The van der Waals surface area contributed by atoms with Crippen LogP contribution in [-0.2, 0) is 20.7 Å². The predicted molar refractivity (Wildman–Crippen MR) is 106 cm³/mol. The van der Waals surface area contributed by atoms with Gasteiger partial charge < -0.3 is 19.4 Å². The number of carbonyl (C=O) groups is 3. The first-order chi connectivity index (χ1) is 14.0. The number of ether oxygens (including phenoxy) is 1. The lowest BCUT2D eigenvalue weighted by Crippen LogP contribution is -2.43. The molecule has 0 bridgehead atoms. The van der Waals surface area contributed by atoms with E-state index in [-0.39, 0.29) is 18.3 Å². The summed E-state index contributed by atoms with van der Waals surface area (Å²) in [7, 11) is 0. The molecule has 0 spiro atoms. The van der Waals surface area contributed by atoms with E-state index in [0.29, 0.717) is 19.0 Å². The third-order valence-corrected chi connectivity index (χ3v) is 5.12. The molecule has 2 amide bonds. The number of amides is 2. The van der Waals surface area contributed by atoms with Gasteiger partial charge in [0.15, 0.2) is 12.4 Å². The van der Waals surface area contributed by atoms with Crippen molar-refractivity contribution in [2.45, 2.75) is 32.2 Å². The second-order valence-corrected chi connectivity index (χ2v) is 7.29. The maximum Gasteiger partial charge on any atom is 0.328 e. The summed E-state index contributed by atoms with van der Waals surface area (Å²) in [5, 5.41) is 2.48. The molecule has 7 heteroatoms. The quantitative estimate of drug-likeness (QED) is 0.724. The van der Waals surface area contributed by atoms with E-state index in [1.807, 2.05) is 18.2 Å². The molecule has 1 aliphatic heterocycles. The lowest BCUT2D eigenvalue weighted by molar-refractivity contribution is -0.153. The number of hydrogen-bond acceptors (Lipinski definition) is 5. The Labute approximate surface area is 170 Å². The van der Waals surface area contributed by atoms with Crippen molar-refractivity contribution in [1.82, 2.24) is 10.2 Å². The van der Waals surface area contributed by atoms with E-state index in [9.17, 15) is 14.4 Å². The maximum absolute atomic E-state index is 12.3. The van der Waals surface area contributed by atoms with Gasteiger partial charge in [0, 0.05) is 13.1 Å². The van der Waals surface area contributed by atoms with Crippen molar-refractivity contribution in [1.29, 1.82) is 0 Å². The minimum absolute atomic E-state index is 0.110. The first-order valence-electron chi connectivity index (χ1n) is 9.85. The lowest BCUT2D eigenvalue weighted by Gasteiger charge is -2.32. The minimum atomic E-state index is -0.878. The molecule has 0 saturated carbocycles. The van der Waals surface area contributed by atoms with Crippen LogP contribution in [-0.4, -0.2) is 48.4 Å². The zero-order valence-electron chi connectivity index (χ0n) is 16.5. The maximum atomic E-state index is 12.3. The second-order valence-electron chi connectivity index (χ2n) is 7.29. The Balaban J connectivity index is 1.37. The smallest absolute Gasteiger partial charge is 0.328 e. The van der Waals surface area contributed by atoms with E-state index in [2.05, 4.69) is 17.4 Å². The van der Waals surface area contributed by atoms with Crippen LogP contribution in [0.3, 0.4) is 0 Å². The Hall–Kier alpha value is -3.09. The topological polar surface area (TPSA) is 88.9 Å². The SMILES string of the molecule is C[C@H](NC(=O)c1ccco1)C(=O)OCC(=O)N1CCC(Cc2ccccc2)CC1. The van der Waals surface area contributed by atoms with Crippen LogP contribution in [0.25, 0.3) is 0 Å². The highest BCUT2D eigenvalue weighted by Crippen LogP contribution is 2.21. The molecule has 1 aliphatic rings. The van der Waals surface area contributed by atoms with Gasteiger partial charge in [-0.05, 0) is 49.8 Å². The molecule has 2 aromatic rings. The van der Waals surface area contributed by atoms with Gasteiger partial charge in [0.1, 0.15) is 6.04 Å². The summed E-state index contributed by atoms with van der Waals surface area (Å²) in [5.74, 6) is -0.704. The normalized spacial score (nSPS) is 15.6. The van der Waals surface area contributed by atoms with Crippen LogP contribution in [0, 0.1) is 5.92 Å². The Morgan fingerprint density at radius 3 is 2.52 bits per heavy atom. The lowest BCUT2D eigenvalue weighted by atomic mass is 9.90. The molecular weight excluding hydrogens is 372 g/mol. The summed E-state index contributed by atoms with van der Waals surface area (Å²) in [6.45, 7) is 2.52. The van der Waals surface area contributed by atoms with E-state index in [1.165, 1.54) is 24.8 Å². The van der Waals surface area contributed by atoms with Gasteiger partial charge in [-0.25, -0.2) is 4.79 Å². The highest BCUT2D eigenvalue weighted by Gasteiger charge is 2.25. The molecule has 1 N–H and O–H groups in total. The summed E-state index contributed by atoms with van der Waals surface area (Å²) >= 11 is 0. The Morgan fingerprint density at radius 2 is 1.86 bits per heavy atom. The van der Waals surface area contributed by atoms with Gasteiger partial charge in [-0.1, -0.05) is 30.3 Å². The van der Waals surface area contributed by atoms with Gasteiger partial charge >= 0.3 is 5.97 Å². The van der Waals surface area contributed by atoms with E-state index < -0.39 is 17.9 Å².